The van der Waals surface area contributed by atoms with Gasteiger partial charge in [-0.2, -0.15) is 0 Å². The van der Waals surface area contributed by atoms with Crippen molar-refractivity contribution in [3.63, 3.8) is 0 Å². The number of nitrogens with one attached hydrogen (secondary N) is 2. The summed E-state index contributed by atoms with van der Waals surface area (Å²) in [7, 11) is 0. The summed E-state index contributed by atoms with van der Waals surface area (Å²) in [6, 6.07) is 0.803. The van der Waals surface area contributed by atoms with Crippen LogP contribution in [0, 0.1) is 5.92 Å². The molecule has 0 aliphatic rings. The summed E-state index contributed by atoms with van der Waals surface area (Å²) in [5.41, 5.74) is -0.447. The minimum absolute atomic E-state index is 0.277. The molecule has 2 atom stereocenters. The van der Waals surface area contributed by atoms with Gasteiger partial charge in [-0.25, -0.2) is 4.79 Å². The van der Waals surface area contributed by atoms with E-state index in [0.29, 0.717) is 18.5 Å². The molecule has 0 radical (unpaired) electrons. The lowest BCUT2D eigenvalue weighted by Gasteiger charge is -2.29. The summed E-state index contributed by atoms with van der Waals surface area (Å²) in [5, 5.41) is 6.57. The third-order valence-corrected chi connectivity index (χ3v) is 3.52. The highest BCUT2D eigenvalue weighted by atomic mass is 16.6. The van der Waals surface area contributed by atoms with Gasteiger partial charge in [-0.1, -0.05) is 40.5 Å². The Hall–Kier alpha value is -0.770. The van der Waals surface area contributed by atoms with Crippen molar-refractivity contribution in [1.29, 1.82) is 0 Å². The number of amides is 1. The lowest BCUT2D eigenvalue weighted by atomic mass is 10.0. The highest BCUT2D eigenvalue weighted by Gasteiger charge is 2.20. The molecule has 0 saturated carbocycles. The zero-order valence-electron chi connectivity index (χ0n) is 15.1. The second-order valence-corrected chi connectivity index (χ2v) is 7.15. The fourth-order valence-electron chi connectivity index (χ4n) is 2.15. The predicted octanol–water partition coefficient (Wildman–Crippen LogP) is 4.09. The zero-order valence-corrected chi connectivity index (χ0v) is 15.1. The Labute approximate surface area is 131 Å². The van der Waals surface area contributed by atoms with Crippen molar-refractivity contribution in [2.75, 3.05) is 6.54 Å². The van der Waals surface area contributed by atoms with Crippen LogP contribution in [-0.4, -0.2) is 30.3 Å². The van der Waals surface area contributed by atoms with Crippen LogP contribution in [0.3, 0.4) is 0 Å². The topological polar surface area (TPSA) is 50.4 Å². The first kappa shape index (κ1) is 20.2. The molecule has 0 aromatic carbocycles. The van der Waals surface area contributed by atoms with Gasteiger partial charge in [0.1, 0.15) is 5.60 Å². The lowest BCUT2D eigenvalue weighted by molar-refractivity contribution is 0.0518. The van der Waals surface area contributed by atoms with Crippen molar-refractivity contribution in [3.05, 3.63) is 0 Å². The molecule has 0 fully saturated rings. The van der Waals surface area contributed by atoms with Gasteiger partial charge in [-0.15, -0.1) is 0 Å². The summed E-state index contributed by atoms with van der Waals surface area (Å²) >= 11 is 0. The van der Waals surface area contributed by atoms with Gasteiger partial charge < -0.3 is 15.4 Å². The standard InChI is InChI=1S/C17H36N2O2/c1-8-10-11-14(9-2)19-15(13(3)4)12-18-16(20)21-17(5,6)7/h13-15,19H,8-12H2,1-7H3,(H,18,20). The molecular formula is C17H36N2O2. The average Bonchev–Trinajstić information content (AvgIpc) is 2.35. The van der Waals surface area contributed by atoms with E-state index in [4.69, 9.17) is 4.74 Å². The first-order valence-electron chi connectivity index (χ1n) is 8.42. The number of ether oxygens (including phenoxy) is 1. The molecule has 0 aliphatic carbocycles. The molecule has 2 unspecified atom stereocenters. The van der Waals surface area contributed by atoms with Crippen molar-refractivity contribution in [2.24, 2.45) is 5.92 Å². The Balaban J connectivity index is 4.32. The van der Waals surface area contributed by atoms with Crippen LogP contribution in [0.4, 0.5) is 4.79 Å². The van der Waals surface area contributed by atoms with Gasteiger partial charge in [0.05, 0.1) is 0 Å². The summed E-state index contributed by atoms with van der Waals surface area (Å²) in [5.74, 6) is 0.468. The summed E-state index contributed by atoms with van der Waals surface area (Å²) in [6.07, 6.45) is 4.45. The van der Waals surface area contributed by atoms with E-state index in [0.717, 1.165) is 6.42 Å². The molecule has 2 N–H and O–H groups in total. The molecule has 0 bridgehead atoms. The minimum atomic E-state index is -0.447. The van der Waals surface area contributed by atoms with Crippen LogP contribution in [0.15, 0.2) is 0 Å². The van der Waals surface area contributed by atoms with Crippen molar-refractivity contribution < 1.29 is 9.53 Å². The van der Waals surface area contributed by atoms with E-state index in [1.165, 1.54) is 19.3 Å². The normalized spacial score (nSPS) is 14.9. The second kappa shape index (κ2) is 10.0. The number of alkyl carbamates (subject to hydrolysis) is 1. The van der Waals surface area contributed by atoms with Crippen LogP contribution >= 0.6 is 0 Å². The van der Waals surface area contributed by atoms with E-state index >= 15 is 0 Å². The quantitative estimate of drug-likeness (QED) is 0.674. The van der Waals surface area contributed by atoms with Crippen LogP contribution in [-0.2, 0) is 4.74 Å². The predicted molar refractivity (Wildman–Crippen MR) is 89.6 cm³/mol. The molecule has 1 amide bonds. The third kappa shape index (κ3) is 10.6. The largest absolute Gasteiger partial charge is 0.444 e. The Morgan fingerprint density at radius 2 is 1.81 bits per heavy atom. The van der Waals surface area contributed by atoms with E-state index in [1.807, 2.05) is 20.8 Å². The van der Waals surface area contributed by atoms with Gasteiger partial charge in [0.25, 0.3) is 0 Å². The SMILES string of the molecule is CCCCC(CC)NC(CNC(=O)OC(C)(C)C)C(C)C. The fourth-order valence-corrected chi connectivity index (χ4v) is 2.15. The van der Waals surface area contributed by atoms with Crippen molar-refractivity contribution in [2.45, 2.75) is 91.8 Å². The van der Waals surface area contributed by atoms with Gasteiger partial charge in [0, 0.05) is 18.6 Å². The van der Waals surface area contributed by atoms with E-state index in [1.54, 1.807) is 0 Å². The number of rotatable bonds is 9. The Morgan fingerprint density at radius 3 is 2.24 bits per heavy atom. The monoisotopic (exact) mass is 300 g/mol. The number of unbranched alkanes of at least 4 members (excludes halogenated alkanes) is 1. The van der Waals surface area contributed by atoms with E-state index < -0.39 is 5.60 Å². The molecule has 4 nitrogen and oxygen atoms in total. The number of carbonyl (C=O) groups excluding carboxylic acids is 1. The Bertz CT molecular complexity index is 285. The van der Waals surface area contributed by atoms with Crippen molar-refractivity contribution in [3.8, 4) is 0 Å². The van der Waals surface area contributed by atoms with E-state index in [2.05, 4.69) is 38.3 Å². The molecule has 126 valence electrons. The maximum absolute atomic E-state index is 11.8. The molecular weight excluding hydrogens is 264 g/mol. The smallest absolute Gasteiger partial charge is 0.407 e. The summed E-state index contributed by atoms with van der Waals surface area (Å²) in [6.45, 7) is 15.0. The highest BCUT2D eigenvalue weighted by Crippen LogP contribution is 2.10. The lowest BCUT2D eigenvalue weighted by Crippen LogP contribution is -2.48. The maximum atomic E-state index is 11.8. The maximum Gasteiger partial charge on any atom is 0.407 e. The van der Waals surface area contributed by atoms with Crippen molar-refractivity contribution >= 4 is 6.09 Å². The van der Waals surface area contributed by atoms with Crippen molar-refractivity contribution in [1.82, 2.24) is 10.6 Å². The van der Waals surface area contributed by atoms with Gasteiger partial charge in [-0.05, 0) is 39.5 Å². The second-order valence-electron chi connectivity index (χ2n) is 7.15. The Morgan fingerprint density at radius 1 is 1.19 bits per heavy atom. The van der Waals surface area contributed by atoms with Crippen LogP contribution in [0.2, 0.25) is 0 Å². The molecule has 4 heteroatoms. The molecule has 0 spiro atoms. The Kier molecular flexibility index (Phi) is 9.67. The van der Waals surface area contributed by atoms with Crippen LogP contribution in [0.5, 0.6) is 0 Å². The average molecular weight is 300 g/mol. The minimum Gasteiger partial charge on any atom is -0.444 e. The molecule has 0 aromatic heterocycles. The third-order valence-electron chi connectivity index (χ3n) is 3.52. The number of hydrogen-bond acceptors (Lipinski definition) is 3. The van der Waals surface area contributed by atoms with Gasteiger partial charge in [0.2, 0.25) is 0 Å². The molecule has 0 aromatic rings. The molecule has 0 aliphatic heterocycles. The first-order chi connectivity index (χ1) is 9.69. The van der Waals surface area contributed by atoms with Gasteiger partial charge in [0.15, 0.2) is 0 Å². The van der Waals surface area contributed by atoms with Gasteiger partial charge >= 0.3 is 6.09 Å². The summed E-state index contributed by atoms with van der Waals surface area (Å²) in [4.78, 5) is 11.8. The molecule has 0 rings (SSSR count). The zero-order chi connectivity index (χ0) is 16.5. The first-order valence-corrected chi connectivity index (χ1v) is 8.42. The molecule has 0 saturated heterocycles. The fraction of sp³-hybridized carbons (Fsp3) is 0.941. The molecule has 0 heterocycles. The van der Waals surface area contributed by atoms with Crippen LogP contribution in [0.1, 0.15) is 74.1 Å². The van der Waals surface area contributed by atoms with Gasteiger partial charge in [-0.3, -0.25) is 0 Å². The van der Waals surface area contributed by atoms with E-state index in [-0.39, 0.29) is 12.1 Å². The molecule has 21 heavy (non-hydrogen) atoms. The highest BCUT2D eigenvalue weighted by molar-refractivity contribution is 5.67. The van der Waals surface area contributed by atoms with Crippen LogP contribution in [0.25, 0.3) is 0 Å². The number of hydrogen-bond donors (Lipinski definition) is 2. The number of carbonyl (C=O) groups is 1. The van der Waals surface area contributed by atoms with E-state index in [9.17, 15) is 4.79 Å². The summed E-state index contributed by atoms with van der Waals surface area (Å²) < 4.78 is 5.29. The van der Waals surface area contributed by atoms with Crippen LogP contribution < -0.4 is 10.6 Å².